The van der Waals surface area contributed by atoms with Gasteiger partial charge in [-0.1, -0.05) is 13.0 Å². The van der Waals surface area contributed by atoms with Crippen molar-refractivity contribution in [1.29, 1.82) is 0 Å². The van der Waals surface area contributed by atoms with E-state index in [-0.39, 0.29) is 36.5 Å². The van der Waals surface area contributed by atoms with E-state index in [1.165, 1.54) is 11.0 Å². The van der Waals surface area contributed by atoms with E-state index in [0.717, 1.165) is 37.1 Å². The molecule has 12 nitrogen and oxygen atoms in total. The lowest BCUT2D eigenvalue weighted by molar-refractivity contribution is -0.148. The van der Waals surface area contributed by atoms with Crippen molar-refractivity contribution in [3.05, 3.63) is 63.6 Å². The van der Waals surface area contributed by atoms with Gasteiger partial charge in [-0.3, -0.25) is 24.2 Å². The van der Waals surface area contributed by atoms with Crippen molar-refractivity contribution in [3.8, 4) is 28.4 Å². The lowest BCUT2D eigenvalue weighted by atomic mass is 9.58. The first-order chi connectivity index (χ1) is 22.3. The van der Waals surface area contributed by atoms with Crippen LogP contribution in [0.4, 0.5) is 0 Å². The first-order valence-corrected chi connectivity index (χ1v) is 16.0. The fourth-order valence-electron chi connectivity index (χ4n) is 8.33. The van der Waals surface area contributed by atoms with Gasteiger partial charge in [0.05, 0.1) is 11.6 Å². The quantitative estimate of drug-likeness (QED) is 0.302. The summed E-state index contributed by atoms with van der Waals surface area (Å²) in [4.78, 5) is 44.1. The molecule has 0 spiro atoms. The number of aliphatic hydroxyl groups excluding tert-OH is 2. The highest BCUT2D eigenvalue weighted by Gasteiger charge is 2.63. The number of nitrogens with two attached hydrogens (primary N) is 1. The van der Waals surface area contributed by atoms with Crippen LogP contribution in [0, 0.1) is 17.8 Å². The molecular formula is C35H39N3O9. The number of nitrogens with zero attached hydrogens (tertiary/aromatic N) is 2. The Morgan fingerprint density at radius 3 is 2.40 bits per heavy atom. The van der Waals surface area contributed by atoms with Gasteiger partial charge in [-0.2, -0.15) is 0 Å². The largest absolute Gasteiger partial charge is 0.510 e. The Labute approximate surface area is 271 Å². The number of primary amides is 1. The Morgan fingerprint density at radius 1 is 1.06 bits per heavy atom. The Bertz CT molecular complexity index is 1790. The van der Waals surface area contributed by atoms with Crippen LogP contribution < -0.4 is 15.2 Å². The normalized spacial score (nSPS) is 27.6. The van der Waals surface area contributed by atoms with Crippen LogP contribution in [0.5, 0.6) is 17.2 Å². The third-order valence-corrected chi connectivity index (χ3v) is 10.8. The fourth-order valence-corrected chi connectivity index (χ4v) is 8.33. The number of fused-ring (bicyclic) bond motifs is 4. The molecule has 1 amide bonds. The van der Waals surface area contributed by atoms with Crippen molar-refractivity contribution in [2.75, 3.05) is 34.0 Å². The number of phenols is 1. The first kappa shape index (κ1) is 31.2. The number of hydrogen-bond donors (Lipinski definition) is 5. The van der Waals surface area contributed by atoms with Crippen molar-refractivity contribution >= 4 is 17.5 Å². The number of aromatic hydroxyl groups is 1. The molecule has 3 aliphatic carbocycles. The van der Waals surface area contributed by atoms with E-state index >= 15 is 0 Å². The highest BCUT2D eigenvalue weighted by molar-refractivity contribution is 6.25. The van der Waals surface area contributed by atoms with Crippen LogP contribution in [-0.4, -0.2) is 93.3 Å². The molecule has 7 rings (SSSR count). The molecule has 0 radical (unpaired) electrons. The maximum Gasteiger partial charge on any atom is 0.255 e. The molecule has 248 valence electrons. The minimum Gasteiger partial charge on any atom is -0.510 e. The van der Waals surface area contributed by atoms with Crippen molar-refractivity contribution in [1.82, 2.24) is 9.80 Å². The van der Waals surface area contributed by atoms with Crippen LogP contribution in [0.2, 0.25) is 0 Å². The van der Waals surface area contributed by atoms with Gasteiger partial charge < -0.3 is 35.6 Å². The van der Waals surface area contributed by atoms with E-state index in [1.54, 1.807) is 20.2 Å². The molecule has 1 saturated heterocycles. The number of likely N-dealkylation sites (N-methyl/N-ethyl adjacent to an activating group) is 1. The molecule has 4 atom stereocenters. The van der Waals surface area contributed by atoms with Gasteiger partial charge in [0.15, 0.2) is 22.9 Å². The molecule has 2 heterocycles. The van der Waals surface area contributed by atoms with Crippen molar-refractivity contribution in [2.45, 2.75) is 50.8 Å². The number of carbonyl (C=O) groups is 3. The van der Waals surface area contributed by atoms with Gasteiger partial charge in [0.25, 0.3) is 5.91 Å². The highest BCUT2D eigenvalue weighted by Crippen LogP contribution is 2.53. The molecule has 0 bridgehead atoms. The van der Waals surface area contributed by atoms with E-state index in [9.17, 15) is 34.8 Å². The van der Waals surface area contributed by atoms with Crippen molar-refractivity contribution in [3.63, 3.8) is 0 Å². The van der Waals surface area contributed by atoms with Crippen LogP contribution in [-0.2, 0) is 22.6 Å². The maximum atomic E-state index is 14.3. The number of Topliss-reactive ketones (excluding diaryl/α,β-unsaturated/α-hetero) is 2. The Kier molecular flexibility index (Phi) is 7.38. The molecule has 0 unspecified atom stereocenters. The summed E-state index contributed by atoms with van der Waals surface area (Å²) in [7, 11) is 3.21. The van der Waals surface area contributed by atoms with Gasteiger partial charge in [-0.25, -0.2) is 0 Å². The number of carbonyl (C=O) groups excluding carboxylic acids is 3. The molecule has 12 heteroatoms. The summed E-state index contributed by atoms with van der Waals surface area (Å²) in [6.07, 6.45) is 2.39. The number of likely N-dealkylation sites (tertiary alicyclic amines) is 1. The number of phenolic OH excluding ortho intramolecular Hbond substituents is 1. The van der Waals surface area contributed by atoms with E-state index in [0.29, 0.717) is 35.1 Å². The first-order valence-electron chi connectivity index (χ1n) is 16.0. The minimum absolute atomic E-state index is 0.0147. The summed E-state index contributed by atoms with van der Waals surface area (Å²) in [5.41, 5.74) is 4.78. The Balaban J connectivity index is 1.36. The SMILES string of the molecule is CC1CCN(Cc2cc3c(cc2-c2ccc(O)c4c2C[C@H]2C[C@H]5[C@H](N(C)C)C(O)=C(C(N)=O)C(=O)[C@@]5(O)C(O)=C2C4=O)OCO3)CC1. The molecule has 2 aliphatic heterocycles. The van der Waals surface area contributed by atoms with Gasteiger partial charge in [-0.05, 0) is 105 Å². The number of rotatable bonds is 5. The van der Waals surface area contributed by atoms with Gasteiger partial charge in [0, 0.05) is 18.0 Å². The second-order valence-electron chi connectivity index (χ2n) is 13.8. The zero-order valence-corrected chi connectivity index (χ0v) is 26.6. The van der Waals surface area contributed by atoms with Gasteiger partial charge >= 0.3 is 0 Å². The molecule has 6 N–H and O–H groups in total. The summed E-state index contributed by atoms with van der Waals surface area (Å²) in [6.45, 7) is 4.90. The Morgan fingerprint density at radius 2 is 1.74 bits per heavy atom. The highest BCUT2D eigenvalue weighted by atomic mass is 16.7. The summed E-state index contributed by atoms with van der Waals surface area (Å²) < 4.78 is 11.5. The number of aliphatic hydroxyl groups is 3. The second-order valence-corrected chi connectivity index (χ2v) is 13.8. The molecule has 0 saturated carbocycles. The number of benzene rings is 2. The number of amides is 1. The molecule has 0 aromatic heterocycles. The summed E-state index contributed by atoms with van der Waals surface area (Å²) >= 11 is 0. The van der Waals surface area contributed by atoms with Crippen molar-refractivity contribution < 1.29 is 44.3 Å². The Hall–Kier alpha value is -4.39. The van der Waals surface area contributed by atoms with Crippen LogP contribution in [0.25, 0.3) is 11.1 Å². The second kappa shape index (κ2) is 11.1. The van der Waals surface area contributed by atoms with E-state index in [4.69, 9.17) is 15.2 Å². The predicted molar refractivity (Wildman–Crippen MR) is 169 cm³/mol. The van der Waals surface area contributed by atoms with E-state index in [2.05, 4.69) is 11.8 Å². The molecule has 2 aromatic rings. The lowest BCUT2D eigenvalue weighted by Crippen LogP contribution is -2.63. The summed E-state index contributed by atoms with van der Waals surface area (Å²) in [5, 5.41) is 45.7. The molecule has 2 aromatic carbocycles. The average Bonchev–Trinajstić information content (AvgIpc) is 3.47. The number of allylic oxidation sites excluding steroid dienone is 1. The number of ketones is 2. The fraction of sp³-hybridized carbons (Fsp3) is 0.457. The van der Waals surface area contributed by atoms with Gasteiger partial charge in [0.1, 0.15) is 22.8 Å². The van der Waals surface area contributed by atoms with E-state index in [1.807, 2.05) is 12.1 Å². The van der Waals surface area contributed by atoms with Gasteiger partial charge in [0.2, 0.25) is 12.6 Å². The third-order valence-electron chi connectivity index (χ3n) is 10.8. The van der Waals surface area contributed by atoms with E-state index < -0.39 is 58.0 Å². The summed E-state index contributed by atoms with van der Waals surface area (Å²) in [5.74, 6) is -4.93. The van der Waals surface area contributed by atoms with Gasteiger partial charge in [-0.15, -0.1) is 0 Å². The number of piperidine rings is 1. The average molecular weight is 646 g/mol. The van der Waals surface area contributed by atoms with Crippen LogP contribution >= 0.6 is 0 Å². The lowest BCUT2D eigenvalue weighted by Gasteiger charge is -2.50. The van der Waals surface area contributed by atoms with Crippen LogP contribution in [0.3, 0.4) is 0 Å². The summed E-state index contributed by atoms with van der Waals surface area (Å²) in [6, 6.07) is 6.02. The topological polar surface area (TPSA) is 183 Å². The number of ether oxygens (including phenoxy) is 2. The third kappa shape index (κ3) is 4.64. The molecular weight excluding hydrogens is 606 g/mol. The van der Waals surface area contributed by atoms with Crippen LogP contribution in [0.1, 0.15) is 47.7 Å². The number of hydrogen-bond acceptors (Lipinski definition) is 11. The minimum atomic E-state index is -2.69. The van der Waals surface area contributed by atoms with Crippen LogP contribution in [0.15, 0.2) is 46.9 Å². The predicted octanol–water partition coefficient (Wildman–Crippen LogP) is 2.75. The molecule has 1 fully saturated rings. The van der Waals surface area contributed by atoms with Crippen molar-refractivity contribution in [2.24, 2.45) is 23.5 Å². The zero-order chi connectivity index (χ0) is 33.5. The monoisotopic (exact) mass is 645 g/mol. The molecule has 47 heavy (non-hydrogen) atoms. The molecule has 5 aliphatic rings. The maximum absolute atomic E-state index is 14.3. The zero-order valence-electron chi connectivity index (χ0n) is 26.6. The standard InChI is InChI=1S/C35H39N3O9/c1-16-6-8-38(9-7-16)14-18-12-24-25(47-15-46-24)13-20(18)19-4-5-23(39)27-21(19)10-17-11-22-29(37(2)3)31(41)28(34(36)44)33(43)35(22,45)32(42)26(17)30(27)40/h4-5,12-13,16-17,22,29,39,41-42,45H,6-11,14-15H2,1-3H3,(H2,36,44)/t17-,22-,29-,35-/m0/s1. The smallest absolute Gasteiger partial charge is 0.255 e.